The van der Waals surface area contributed by atoms with Crippen molar-refractivity contribution < 1.29 is 14.0 Å². The van der Waals surface area contributed by atoms with Crippen LogP contribution in [-0.2, 0) is 0 Å². The van der Waals surface area contributed by atoms with Crippen LogP contribution in [-0.4, -0.2) is 24.2 Å². The number of nitrogens with two attached hydrogens (primary N) is 1. The van der Waals surface area contributed by atoms with E-state index >= 15 is 0 Å². The van der Waals surface area contributed by atoms with Crippen molar-refractivity contribution in [3.63, 3.8) is 0 Å². The Morgan fingerprint density at radius 3 is 1.89 bits per heavy atom. The molecule has 2 aromatic carbocycles. The molecule has 136 valence electrons. The molecule has 4 rings (SSSR count). The third kappa shape index (κ3) is 2.52. The maximum absolute atomic E-state index is 6.44. The molecule has 0 aliphatic rings. The number of benzene rings is 2. The Morgan fingerprint density at radius 1 is 0.778 bits per heavy atom. The number of fused-ring (bicyclic) bond motifs is 2. The Balaban J connectivity index is 2.23. The summed E-state index contributed by atoms with van der Waals surface area (Å²) in [5.74, 6) is 1.27. The van der Waals surface area contributed by atoms with Crippen molar-refractivity contribution >= 4 is 27.8 Å². The average Bonchev–Trinajstić information content (AvgIpc) is 2.71. The molecule has 0 saturated carbocycles. The van der Waals surface area contributed by atoms with Crippen LogP contribution in [0.25, 0.3) is 27.8 Å². The lowest BCUT2D eigenvalue weighted by Crippen LogP contribution is -2.31. The van der Waals surface area contributed by atoms with Crippen molar-refractivity contribution in [2.75, 3.05) is 20.0 Å². The zero-order chi connectivity index (χ0) is 19.1. The molecule has 27 heavy (non-hydrogen) atoms. The van der Waals surface area contributed by atoms with E-state index in [1.165, 1.54) is 0 Å². The van der Waals surface area contributed by atoms with Crippen LogP contribution in [0.2, 0.25) is 0 Å². The predicted octanol–water partition coefficient (Wildman–Crippen LogP) is 3.28. The van der Waals surface area contributed by atoms with Crippen molar-refractivity contribution in [3.8, 4) is 17.2 Å². The van der Waals surface area contributed by atoms with Crippen LogP contribution in [0.3, 0.4) is 0 Å². The summed E-state index contributed by atoms with van der Waals surface area (Å²) in [4.78, 5) is 9.77. The fraction of sp³-hybridized carbons (Fsp3) is 0.190. The molecule has 0 atom stereocenters. The number of anilines is 1. The van der Waals surface area contributed by atoms with Gasteiger partial charge in [0.1, 0.15) is 28.0 Å². The fourth-order valence-electron chi connectivity index (χ4n) is 3.37. The molecule has 0 spiro atoms. The lowest BCUT2D eigenvalue weighted by molar-refractivity contribution is -0.594. The molecule has 4 aromatic rings. The first-order chi connectivity index (χ1) is 13.1. The molecule has 0 unspecified atom stereocenters. The molecule has 0 saturated heterocycles. The second-order valence-corrected chi connectivity index (χ2v) is 6.38. The maximum Gasteiger partial charge on any atom is 0.242 e. The second kappa shape index (κ2) is 6.39. The number of nitrogen functional groups attached to an aromatic ring is 1. The molecule has 6 nitrogen and oxygen atoms in total. The second-order valence-electron chi connectivity index (χ2n) is 6.38. The molecule has 2 heterocycles. The number of aromatic nitrogens is 3. The molecule has 0 radical (unpaired) electrons. The van der Waals surface area contributed by atoms with Crippen LogP contribution in [0.5, 0.6) is 11.5 Å². The standard InChI is InChI=1S/C21H21N4O2/c1-12-13(2)21(25-10-6-5-7-11-25)20-19(16(12)22)23-17-14(26-3)8-9-15(27-4)18(17)24-20/h5-11H,22H2,1-4H3/q+1. The van der Waals surface area contributed by atoms with Gasteiger partial charge >= 0.3 is 0 Å². The third-order valence-corrected chi connectivity index (χ3v) is 4.96. The Labute approximate surface area is 157 Å². The van der Waals surface area contributed by atoms with E-state index in [1.54, 1.807) is 14.2 Å². The predicted molar refractivity (Wildman–Crippen MR) is 106 cm³/mol. The van der Waals surface area contributed by atoms with Gasteiger partial charge in [0.15, 0.2) is 17.9 Å². The van der Waals surface area contributed by atoms with Crippen LogP contribution in [0.4, 0.5) is 5.69 Å². The minimum atomic E-state index is 0.627. The molecule has 0 bridgehead atoms. The Hall–Kier alpha value is -3.41. The first-order valence-corrected chi connectivity index (χ1v) is 8.64. The van der Waals surface area contributed by atoms with Gasteiger partial charge in [0.2, 0.25) is 5.69 Å². The molecule has 0 amide bonds. The zero-order valence-electron chi connectivity index (χ0n) is 15.8. The number of hydrogen-bond donors (Lipinski definition) is 1. The first kappa shape index (κ1) is 17.0. The lowest BCUT2D eigenvalue weighted by Gasteiger charge is -2.14. The summed E-state index contributed by atoms with van der Waals surface area (Å²) in [5, 5.41) is 0. The SMILES string of the molecule is COc1ccc(OC)c2nc3c(-[n+]4ccccc4)c(C)c(C)c(N)c3nc12. The van der Waals surface area contributed by atoms with Gasteiger partial charge in [-0.3, -0.25) is 0 Å². The van der Waals surface area contributed by atoms with Crippen LogP contribution < -0.4 is 19.8 Å². The normalized spacial score (nSPS) is 11.1. The highest BCUT2D eigenvalue weighted by atomic mass is 16.5. The van der Waals surface area contributed by atoms with E-state index in [0.29, 0.717) is 33.7 Å². The largest absolute Gasteiger partial charge is 0.494 e. The number of pyridine rings is 1. The number of rotatable bonds is 3. The number of hydrogen-bond acceptors (Lipinski definition) is 5. The van der Waals surface area contributed by atoms with Gasteiger partial charge in [-0.05, 0) is 31.5 Å². The van der Waals surface area contributed by atoms with Gasteiger partial charge in [0.05, 0.1) is 19.9 Å². The smallest absolute Gasteiger partial charge is 0.242 e. The van der Waals surface area contributed by atoms with E-state index < -0.39 is 0 Å². The highest BCUT2D eigenvalue weighted by molar-refractivity contribution is 6.01. The van der Waals surface area contributed by atoms with Crippen LogP contribution >= 0.6 is 0 Å². The van der Waals surface area contributed by atoms with E-state index in [2.05, 4.69) is 6.92 Å². The molecule has 0 aliphatic carbocycles. The molecule has 2 aromatic heterocycles. The van der Waals surface area contributed by atoms with E-state index in [1.807, 2.05) is 54.2 Å². The third-order valence-electron chi connectivity index (χ3n) is 4.96. The van der Waals surface area contributed by atoms with Crippen LogP contribution in [0, 0.1) is 13.8 Å². The average molecular weight is 361 g/mol. The van der Waals surface area contributed by atoms with Crippen molar-refractivity contribution in [2.24, 2.45) is 0 Å². The number of nitrogens with zero attached hydrogens (tertiary/aromatic N) is 3. The first-order valence-electron chi connectivity index (χ1n) is 8.64. The van der Waals surface area contributed by atoms with Gasteiger partial charge in [0.25, 0.3) is 0 Å². The Morgan fingerprint density at radius 2 is 1.33 bits per heavy atom. The Bertz CT molecular complexity index is 1170. The van der Waals surface area contributed by atoms with Crippen molar-refractivity contribution in [2.45, 2.75) is 13.8 Å². The van der Waals surface area contributed by atoms with Gasteiger partial charge in [0, 0.05) is 17.7 Å². The highest BCUT2D eigenvalue weighted by Gasteiger charge is 2.24. The zero-order valence-corrected chi connectivity index (χ0v) is 15.8. The van der Waals surface area contributed by atoms with Crippen LogP contribution in [0.15, 0.2) is 42.7 Å². The topological polar surface area (TPSA) is 74.1 Å². The van der Waals surface area contributed by atoms with Gasteiger partial charge in [-0.15, -0.1) is 0 Å². The van der Waals surface area contributed by atoms with Crippen molar-refractivity contribution in [1.29, 1.82) is 0 Å². The van der Waals surface area contributed by atoms with Crippen molar-refractivity contribution in [3.05, 3.63) is 53.9 Å². The summed E-state index contributed by atoms with van der Waals surface area (Å²) in [5.41, 5.74) is 12.7. The van der Waals surface area contributed by atoms with Crippen LogP contribution in [0.1, 0.15) is 11.1 Å². The summed E-state index contributed by atoms with van der Waals surface area (Å²) in [7, 11) is 3.23. The van der Waals surface area contributed by atoms with E-state index in [-0.39, 0.29) is 0 Å². The molecular weight excluding hydrogens is 340 g/mol. The molecule has 0 aliphatic heterocycles. The van der Waals surface area contributed by atoms with Gasteiger partial charge in [-0.25, -0.2) is 9.97 Å². The molecule has 2 N–H and O–H groups in total. The summed E-state index contributed by atoms with van der Waals surface area (Å²) < 4.78 is 13.0. The minimum absolute atomic E-state index is 0.627. The lowest BCUT2D eigenvalue weighted by atomic mass is 10.0. The summed E-state index contributed by atoms with van der Waals surface area (Å²) in [6, 6.07) is 9.60. The van der Waals surface area contributed by atoms with Gasteiger partial charge < -0.3 is 15.2 Å². The maximum atomic E-state index is 6.44. The van der Waals surface area contributed by atoms with Gasteiger partial charge in [-0.2, -0.15) is 4.57 Å². The number of methoxy groups -OCH3 is 2. The van der Waals surface area contributed by atoms with E-state index in [0.717, 1.165) is 22.3 Å². The minimum Gasteiger partial charge on any atom is -0.494 e. The monoisotopic (exact) mass is 361 g/mol. The Kier molecular flexibility index (Phi) is 4.03. The van der Waals surface area contributed by atoms with E-state index in [4.69, 9.17) is 25.2 Å². The highest BCUT2D eigenvalue weighted by Crippen LogP contribution is 2.36. The van der Waals surface area contributed by atoms with Gasteiger partial charge in [-0.1, -0.05) is 6.07 Å². The molecule has 0 fully saturated rings. The summed E-state index contributed by atoms with van der Waals surface area (Å²) >= 11 is 0. The van der Waals surface area contributed by atoms with E-state index in [9.17, 15) is 0 Å². The molecular formula is C21H21N4O2+. The molecule has 6 heteroatoms. The summed E-state index contributed by atoms with van der Waals surface area (Å²) in [6.45, 7) is 4.06. The summed E-state index contributed by atoms with van der Waals surface area (Å²) in [6.07, 6.45) is 3.98. The quantitative estimate of drug-likeness (QED) is 0.344. The van der Waals surface area contributed by atoms with Crippen molar-refractivity contribution in [1.82, 2.24) is 9.97 Å². The fourth-order valence-corrected chi connectivity index (χ4v) is 3.37. The number of ether oxygens (including phenoxy) is 2.